The topological polar surface area (TPSA) is 666 Å². The maximum atomic E-state index is 4.56. The van der Waals surface area contributed by atoms with Gasteiger partial charge < -0.3 is 24.8 Å². The van der Waals surface area contributed by atoms with Crippen molar-refractivity contribution in [3.8, 4) is 0 Å². The van der Waals surface area contributed by atoms with Crippen LogP contribution in [0.2, 0.25) is 0 Å². The fourth-order valence-corrected chi connectivity index (χ4v) is 6.55. The van der Waals surface area contributed by atoms with E-state index in [1.54, 1.807) is 0 Å². The average molecular weight is 1250 g/mol. The summed E-state index contributed by atoms with van der Waals surface area (Å²) in [5.74, 6) is -0.894. The number of halogens is 2. The van der Waals surface area contributed by atoms with Crippen molar-refractivity contribution >= 4 is 151 Å². The van der Waals surface area contributed by atoms with E-state index in [2.05, 4.69) is 245 Å². The molecule has 93 heavy (non-hydrogen) atoms. The van der Waals surface area contributed by atoms with E-state index in [1.807, 2.05) is 0 Å². The van der Waals surface area contributed by atoms with Gasteiger partial charge in [-0.3, -0.25) is 65.1 Å². The molecule has 14 aromatic heterocycles. The summed E-state index contributed by atoms with van der Waals surface area (Å²) in [6.45, 7) is 0. The molecule has 0 radical (unpaired) electrons. The number of H-pyrrole nitrogens is 12. The van der Waals surface area contributed by atoms with Crippen LogP contribution in [0.4, 0.5) is 11.9 Å². The second kappa shape index (κ2) is 33.1. The van der Waals surface area contributed by atoms with Crippen LogP contribution < -0.4 is 143 Å². The first kappa shape index (κ1) is 71.8. The summed E-state index contributed by atoms with van der Waals surface area (Å²) < 4.78 is 0. The molecule has 24 bridgehead atoms. The Labute approximate surface area is 591 Å². The Hall–Kier alpha value is -10.3. The Morgan fingerprint density at radius 2 is 0.247 bits per heavy atom. The Morgan fingerprint density at radius 3 is 0.366 bits per heavy atom. The van der Waals surface area contributed by atoms with Crippen molar-refractivity contribution in [1.29, 1.82) is 0 Å². The number of nitrogens with zero attached hydrogens (tertiary/aromatic N) is 36. The first-order valence-corrected chi connectivity index (χ1v) is 23.3. The van der Waals surface area contributed by atoms with Crippen LogP contribution in [0, 0.1) is 0 Å². The molecule has 0 amide bonds. The Balaban J connectivity index is 0.00000171. The van der Waals surface area contributed by atoms with Crippen molar-refractivity contribution in [2.75, 3.05) is 5.32 Å². The van der Waals surface area contributed by atoms with Gasteiger partial charge in [0.15, 0.2) is 0 Å². The summed E-state index contributed by atoms with van der Waals surface area (Å²) in [5, 5.41) is 2.97. The number of rotatable bonds is 2. The molecule has 0 aliphatic rings. The van der Waals surface area contributed by atoms with Gasteiger partial charge >= 0.3 is 113 Å². The molecule has 0 spiro atoms. The van der Waals surface area contributed by atoms with Gasteiger partial charge in [-0.05, 0) is 0 Å². The zero-order valence-corrected chi connectivity index (χ0v) is 49.6. The molecule has 428 valence electrons. The van der Waals surface area contributed by atoms with Gasteiger partial charge in [-0.1, -0.05) is 0 Å². The quantitative estimate of drug-likeness (QED) is 0.0715. The Morgan fingerprint density at radius 1 is 0.151 bits per heavy atom. The summed E-state index contributed by atoms with van der Waals surface area (Å²) in [4.78, 5) is 190. The summed E-state index contributed by atoms with van der Waals surface area (Å²) in [6, 6.07) is 0. The molecule has 14 rings (SSSR count). The molecular formula is C36H23Cl2Li6N49+4. The predicted octanol–water partition coefficient (Wildman–Crippen LogP) is -26.4. The van der Waals surface area contributed by atoms with Gasteiger partial charge in [-0.15, -0.1) is 0 Å². The summed E-state index contributed by atoms with van der Waals surface area (Å²) in [5.41, 5.74) is 0. The monoisotopic (exact) mass is 1250 g/mol. The van der Waals surface area contributed by atoms with Crippen LogP contribution in [0.3, 0.4) is 0 Å². The van der Waals surface area contributed by atoms with Gasteiger partial charge in [0.05, 0.1) is 0 Å². The van der Waals surface area contributed by atoms with Crippen molar-refractivity contribution in [1.82, 2.24) is 239 Å². The van der Waals surface area contributed by atoms with Crippen molar-refractivity contribution in [2.45, 2.75) is 0 Å². The van der Waals surface area contributed by atoms with E-state index in [-0.39, 0.29) is 289 Å². The molecule has 14 heterocycles. The maximum absolute atomic E-state index is 4.56. The van der Waals surface area contributed by atoms with Gasteiger partial charge in [-0.2, -0.15) is 79.7 Å². The Bertz CT molecular complexity index is 4890. The van der Waals surface area contributed by atoms with Crippen LogP contribution in [0.5, 0.6) is 0 Å². The first-order chi connectivity index (χ1) is 41.8. The number of anilines is 2. The minimum atomic E-state index is -0.201. The largest absolute Gasteiger partial charge is 1.00 e. The van der Waals surface area contributed by atoms with Crippen molar-refractivity contribution in [3.05, 3.63) is 63.3 Å². The van der Waals surface area contributed by atoms with Crippen molar-refractivity contribution in [2.24, 2.45) is 0 Å². The van der Waals surface area contributed by atoms with Crippen LogP contribution in [-0.2, 0) is 0 Å². The summed E-state index contributed by atoms with van der Waals surface area (Å²) >= 11 is 0. The molecule has 57 heteroatoms. The molecule has 14 aromatic rings. The standard InChI is InChI=1S/C36H23N49.2ClH.6Li/c1-37-11-57-12(38-1)60-16-42-4-46-20(64-16)68-24-50-8-54-28(72-24)76-32-79-31(75-27-53-7-49-23(71-27)67-19-45-3-41-15(59-11)63-19)81-35(82-32)85-36-83-33-77-29-55-9-51-25(73-29)69-21-47-5-43-17(65-21)61-13-39-2-40-14(58-13)62-18-44-6-48-22(66-18)70-26-52-10-56-30(74-26)78-34(80-33)84-36;;;;;;;;/h1-10H,(H13,37,38,39,40,41,42,43,44,45,46,47,48,49,50,51,52,53,54,55,56,57,58,59,60,61,62,63,64,65,66,67,68,69,70,71,72,73,74,75,76,77,78,79,80,81,82,83,84,85);2*1H;;;;;;/q;;;6*+1/p-2. The van der Waals surface area contributed by atoms with E-state index in [4.69, 9.17) is 0 Å². The second-order valence-corrected chi connectivity index (χ2v) is 15.6. The maximum Gasteiger partial charge on any atom is 1.00 e. The molecule has 0 unspecified atom stereocenters. The third-order valence-corrected chi connectivity index (χ3v) is 9.90. The van der Waals surface area contributed by atoms with Crippen LogP contribution in [-0.4, -0.2) is 239 Å². The molecule has 13 N–H and O–H groups in total. The minimum absolute atomic E-state index is 0. The van der Waals surface area contributed by atoms with Crippen LogP contribution >= 0.6 is 0 Å². The van der Waals surface area contributed by atoms with Gasteiger partial charge in [0.2, 0.25) is 151 Å². The smallest absolute Gasteiger partial charge is 1.00 e. The molecule has 49 nitrogen and oxygen atoms in total. The predicted molar refractivity (Wildman–Crippen MR) is 278 cm³/mol. The third kappa shape index (κ3) is 18.9. The first-order valence-electron chi connectivity index (χ1n) is 23.3. The van der Waals surface area contributed by atoms with E-state index >= 15 is 0 Å². The van der Waals surface area contributed by atoms with Gasteiger partial charge in [-0.25, -0.2) is 99.7 Å². The number of hydrogen-bond acceptors (Lipinski definition) is 37. The fraction of sp³-hybridized carbons (Fsp3) is 0. The second-order valence-electron chi connectivity index (χ2n) is 15.6. The number of hydrogen-bond donors (Lipinski definition) is 13. The number of fused-ring (bicyclic) bond motifs is 24. The van der Waals surface area contributed by atoms with Gasteiger partial charge in [0.25, 0.3) is 0 Å². The molecule has 0 atom stereocenters. The molecule has 0 aliphatic heterocycles. The SMILES string of the molecule is [Cl-].[Cl-].[Li+].[Li+].[Li+].[Li+].[Li+].[Li+].c1nc2nc(n1)[nH]c1ncnc(n1)[nH]c1ncnc(n1)[nH]c1nc(Nc3nc4nc(n3)[nH]c3ncnc(n3)[nH]c3ncnc(n3)[nH]c3ncnc(n3)[nH]c3ncnc(n3)[nH]c3ncnc(n3)[nH]4)nc(n1)[nH]c1ncnc(n1)[nH]c1ncnc(n1)[nH]2. The van der Waals surface area contributed by atoms with Crippen molar-refractivity contribution < 1.29 is 138 Å². The van der Waals surface area contributed by atoms with E-state index in [0.29, 0.717) is 0 Å². The van der Waals surface area contributed by atoms with Gasteiger partial charge in [0, 0.05) is 0 Å². The third-order valence-electron chi connectivity index (χ3n) is 9.90. The van der Waals surface area contributed by atoms with E-state index in [1.165, 1.54) is 63.3 Å². The number of aromatic nitrogens is 48. The van der Waals surface area contributed by atoms with Gasteiger partial charge in [0.1, 0.15) is 63.3 Å². The Kier molecular flexibility index (Phi) is 25.6. The fourth-order valence-electron chi connectivity index (χ4n) is 6.55. The molecular weight excluding hydrogens is 1230 g/mol. The zero-order valence-electron chi connectivity index (χ0n) is 48.1. The number of aromatic amines is 12. The molecule has 0 fully saturated rings. The minimum Gasteiger partial charge on any atom is -1.00 e. The molecule has 0 aliphatic carbocycles. The van der Waals surface area contributed by atoms with E-state index < -0.39 is 0 Å². The molecule has 0 saturated carbocycles. The average Bonchev–Trinajstić information content (AvgIpc) is 1.00. The van der Waals surface area contributed by atoms with Crippen molar-refractivity contribution in [3.63, 3.8) is 0 Å². The summed E-state index contributed by atoms with van der Waals surface area (Å²) in [6.07, 6.45) is 12.2. The van der Waals surface area contributed by atoms with Crippen LogP contribution in [0.25, 0.3) is 139 Å². The normalized spacial score (nSPS) is 10.1. The number of nitrogens with one attached hydrogen (secondary N) is 13. The van der Waals surface area contributed by atoms with E-state index in [0.717, 1.165) is 0 Å². The zero-order chi connectivity index (χ0) is 56.7. The summed E-state index contributed by atoms with van der Waals surface area (Å²) in [7, 11) is 0. The van der Waals surface area contributed by atoms with Crippen LogP contribution in [0.1, 0.15) is 0 Å². The molecule has 0 aromatic carbocycles. The van der Waals surface area contributed by atoms with Crippen LogP contribution in [0.15, 0.2) is 63.3 Å². The molecule has 0 saturated heterocycles. The van der Waals surface area contributed by atoms with E-state index in [9.17, 15) is 0 Å².